The molecule has 2 amide bonds. The van der Waals surface area contributed by atoms with Crippen molar-refractivity contribution in [2.24, 2.45) is 11.1 Å². The number of piperidine rings is 1. The van der Waals surface area contributed by atoms with Crippen LogP contribution in [0.5, 0.6) is 0 Å². The van der Waals surface area contributed by atoms with Gasteiger partial charge in [-0.3, -0.25) is 9.59 Å². The number of primary amides is 1. The maximum absolute atomic E-state index is 12.3. The monoisotopic (exact) mass is 261 g/mol. The Morgan fingerprint density at radius 1 is 1.32 bits per heavy atom. The molecule has 1 saturated heterocycles. The number of carbonyl (C=O) groups excluding carboxylic acids is 2. The van der Waals surface area contributed by atoms with Gasteiger partial charge in [-0.15, -0.1) is 0 Å². The maximum Gasteiger partial charge on any atom is 0.248 e. The highest BCUT2D eigenvalue weighted by molar-refractivity contribution is 5.96. The summed E-state index contributed by atoms with van der Waals surface area (Å²) in [5.74, 6) is -0.465. The van der Waals surface area contributed by atoms with E-state index in [1.54, 1.807) is 24.3 Å². The van der Waals surface area contributed by atoms with Crippen LogP contribution in [-0.2, 0) is 4.79 Å². The van der Waals surface area contributed by atoms with Crippen LogP contribution >= 0.6 is 0 Å². The van der Waals surface area contributed by atoms with Crippen molar-refractivity contribution >= 4 is 17.5 Å². The van der Waals surface area contributed by atoms with E-state index < -0.39 is 5.91 Å². The molecule has 1 fully saturated rings. The molecule has 19 heavy (non-hydrogen) atoms. The van der Waals surface area contributed by atoms with Crippen molar-refractivity contribution < 1.29 is 9.59 Å². The van der Waals surface area contributed by atoms with Crippen LogP contribution in [0.1, 0.15) is 30.1 Å². The number of benzene rings is 1. The van der Waals surface area contributed by atoms with Gasteiger partial charge in [0, 0.05) is 17.8 Å². The number of amides is 2. The van der Waals surface area contributed by atoms with Gasteiger partial charge in [0.05, 0.1) is 5.41 Å². The zero-order valence-corrected chi connectivity index (χ0v) is 11.0. The standard InChI is InChI=1S/C14H19N3O2/c1-14(7-2-8-16-9-14)13(19)17-11-5-3-10(4-6-11)12(15)18/h3-6,16H,2,7-9H2,1H3,(H2,15,18)(H,17,19). The van der Waals surface area contributed by atoms with Crippen LogP contribution in [0.2, 0.25) is 0 Å². The summed E-state index contributed by atoms with van der Waals surface area (Å²) in [6.45, 7) is 3.63. The fraction of sp³-hybridized carbons (Fsp3) is 0.429. The second kappa shape index (κ2) is 5.40. The molecule has 0 radical (unpaired) electrons. The Morgan fingerprint density at radius 3 is 2.53 bits per heavy atom. The summed E-state index contributed by atoms with van der Waals surface area (Å²) in [5.41, 5.74) is 5.91. The Morgan fingerprint density at radius 2 is 2.00 bits per heavy atom. The molecule has 1 atom stereocenters. The molecule has 5 heteroatoms. The van der Waals surface area contributed by atoms with Crippen LogP contribution in [0, 0.1) is 5.41 Å². The van der Waals surface area contributed by atoms with Gasteiger partial charge in [-0.05, 0) is 50.6 Å². The molecule has 1 aliphatic heterocycles. The molecule has 1 aliphatic rings. The molecule has 0 aliphatic carbocycles. The van der Waals surface area contributed by atoms with Crippen LogP contribution in [-0.4, -0.2) is 24.9 Å². The van der Waals surface area contributed by atoms with Gasteiger partial charge in [0.15, 0.2) is 0 Å². The molecule has 5 nitrogen and oxygen atoms in total. The predicted octanol–water partition coefficient (Wildman–Crippen LogP) is 1.11. The molecule has 1 heterocycles. The highest BCUT2D eigenvalue weighted by atomic mass is 16.2. The molecular formula is C14H19N3O2. The van der Waals surface area contributed by atoms with Crippen molar-refractivity contribution in [1.82, 2.24) is 5.32 Å². The Balaban J connectivity index is 2.04. The first kappa shape index (κ1) is 13.5. The van der Waals surface area contributed by atoms with Gasteiger partial charge in [0.1, 0.15) is 0 Å². The van der Waals surface area contributed by atoms with Gasteiger partial charge in [-0.25, -0.2) is 0 Å². The molecule has 0 saturated carbocycles. The number of anilines is 1. The Hall–Kier alpha value is -1.88. The molecule has 4 N–H and O–H groups in total. The second-order valence-electron chi connectivity index (χ2n) is 5.24. The SMILES string of the molecule is CC1(C(=O)Nc2ccc(C(N)=O)cc2)CCCNC1. The normalized spacial score (nSPS) is 22.8. The van der Waals surface area contributed by atoms with Crippen molar-refractivity contribution in [1.29, 1.82) is 0 Å². The summed E-state index contributed by atoms with van der Waals surface area (Å²) in [6, 6.07) is 6.61. The largest absolute Gasteiger partial charge is 0.366 e. The summed E-state index contributed by atoms with van der Waals surface area (Å²) in [7, 11) is 0. The van der Waals surface area contributed by atoms with Gasteiger partial charge in [-0.2, -0.15) is 0 Å². The number of hydrogen-bond donors (Lipinski definition) is 3. The van der Waals surface area contributed by atoms with Crippen molar-refractivity contribution in [2.75, 3.05) is 18.4 Å². The van der Waals surface area contributed by atoms with Crippen LogP contribution < -0.4 is 16.4 Å². The summed E-state index contributed by atoms with van der Waals surface area (Å²) >= 11 is 0. The molecule has 0 aromatic heterocycles. The van der Waals surface area contributed by atoms with Crippen molar-refractivity contribution in [3.63, 3.8) is 0 Å². The molecule has 1 aromatic carbocycles. The number of hydrogen-bond acceptors (Lipinski definition) is 3. The van der Waals surface area contributed by atoms with Gasteiger partial charge in [0.25, 0.3) is 0 Å². The number of nitrogens with one attached hydrogen (secondary N) is 2. The van der Waals surface area contributed by atoms with Crippen LogP contribution in [0.15, 0.2) is 24.3 Å². The van der Waals surface area contributed by atoms with E-state index >= 15 is 0 Å². The summed E-state index contributed by atoms with van der Waals surface area (Å²) in [5, 5.41) is 6.13. The van der Waals surface area contributed by atoms with Crippen LogP contribution in [0.3, 0.4) is 0 Å². The number of nitrogens with two attached hydrogens (primary N) is 1. The van der Waals surface area contributed by atoms with E-state index in [2.05, 4.69) is 10.6 Å². The van der Waals surface area contributed by atoms with Crippen molar-refractivity contribution in [3.8, 4) is 0 Å². The van der Waals surface area contributed by atoms with E-state index in [-0.39, 0.29) is 11.3 Å². The van der Waals surface area contributed by atoms with Gasteiger partial charge < -0.3 is 16.4 Å². The molecule has 1 aromatic rings. The van der Waals surface area contributed by atoms with Crippen LogP contribution in [0.25, 0.3) is 0 Å². The first-order valence-electron chi connectivity index (χ1n) is 6.43. The molecule has 1 unspecified atom stereocenters. The lowest BCUT2D eigenvalue weighted by molar-refractivity contribution is -0.125. The summed E-state index contributed by atoms with van der Waals surface area (Å²) in [4.78, 5) is 23.2. The Labute approximate surface area is 112 Å². The van der Waals surface area contributed by atoms with E-state index in [4.69, 9.17) is 5.73 Å². The van der Waals surface area contributed by atoms with Crippen LogP contribution in [0.4, 0.5) is 5.69 Å². The van der Waals surface area contributed by atoms with Gasteiger partial charge in [0.2, 0.25) is 11.8 Å². The Bertz CT molecular complexity index is 476. The summed E-state index contributed by atoms with van der Waals surface area (Å²) in [6.07, 6.45) is 1.88. The van der Waals surface area contributed by atoms with E-state index in [0.29, 0.717) is 17.8 Å². The predicted molar refractivity (Wildman–Crippen MR) is 73.8 cm³/mol. The fourth-order valence-electron chi connectivity index (χ4n) is 2.25. The molecule has 102 valence electrons. The Kier molecular flexibility index (Phi) is 3.85. The quantitative estimate of drug-likeness (QED) is 0.762. The first-order chi connectivity index (χ1) is 9.01. The average Bonchev–Trinajstić information content (AvgIpc) is 2.40. The van der Waals surface area contributed by atoms with Crippen molar-refractivity contribution in [2.45, 2.75) is 19.8 Å². The smallest absolute Gasteiger partial charge is 0.248 e. The average molecular weight is 261 g/mol. The summed E-state index contributed by atoms with van der Waals surface area (Å²) < 4.78 is 0. The number of carbonyl (C=O) groups is 2. The minimum atomic E-state index is -0.471. The van der Waals surface area contributed by atoms with E-state index in [0.717, 1.165) is 19.4 Å². The molecular weight excluding hydrogens is 242 g/mol. The minimum Gasteiger partial charge on any atom is -0.366 e. The minimum absolute atomic E-state index is 0.00604. The first-order valence-corrected chi connectivity index (χ1v) is 6.43. The van der Waals surface area contributed by atoms with Crippen molar-refractivity contribution in [3.05, 3.63) is 29.8 Å². The lowest BCUT2D eigenvalue weighted by Gasteiger charge is -2.32. The van der Waals surface area contributed by atoms with Gasteiger partial charge in [-0.1, -0.05) is 0 Å². The lowest BCUT2D eigenvalue weighted by atomic mass is 9.82. The maximum atomic E-state index is 12.3. The van der Waals surface area contributed by atoms with E-state index in [1.165, 1.54) is 0 Å². The lowest BCUT2D eigenvalue weighted by Crippen LogP contribution is -2.46. The van der Waals surface area contributed by atoms with Gasteiger partial charge >= 0.3 is 0 Å². The third-order valence-corrected chi connectivity index (χ3v) is 3.57. The highest BCUT2D eigenvalue weighted by Crippen LogP contribution is 2.27. The third kappa shape index (κ3) is 3.12. The zero-order chi connectivity index (χ0) is 13.9. The zero-order valence-electron chi connectivity index (χ0n) is 11.0. The molecule has 2 rings (SSSR count). The fourth-order valence-corrected chi connectivity index (χ4v) is 2.25. The van der Waals surface area contributed by atoms with E-state index in [1.807, 2.05) is 6.92 Å². The molecule has 0 spiro atoms. The topological polar surface area (TPSA) is 84.2 Å². The number of rotatable bonds is 3. The molecule has 0 bridgehead atoms. The highest BCUT2D eigenvalue weighted by Gasteiger charge is 2.34. The second-order valence-corrected chi connectivity index (χ2v) is 5.24. The van der Waals surface area contributed by atoms with E-state index in [9.17, 15) is 9.59 Å². The third-order valence-electron chi connectivity index (χ3n) is 3.57.